The Morgan fingerprint density at radius 2 is 0.537 bits per heavy atom. The van der Waals surface area contributed by atoms with Gasteiger partial charge in [0.2, 0.25) is 0 Å². The van der Waals surface area contributed by atoms with Gasteiger partial charge in [0.25, 0.3) is 0 Å². The molecule has 80 heavy (non-hydrogen) atoms. The lowest BCUT2D eigenvalue weighted by Crippen LogP contribution is -2.28. The van der Waals surface area contributed by atoms with Gasteiger partial charge in [0, 0.05) is 12.8 Å². The van der Waals surface area contributed by atoms with Gasteiger partial charge in [-0.1, -0.05) is 336 Å². The Kier molecular flexibility index (Phi) is 67.3. The highest BCUT2D eigenvalue weighted by atomic mass is 16.6. The molecule has 0 amide bonds. The van der Waals surface area contributed by atoms with Crippen molar-refractivity contribution in [2.45, 2.75) is 354 Å². The van der Waals surface area contributed by atoms with E-state index in [1.807, 2.05) is 0 Å². The number of aliphatic hydroxyl groups excluding tert-OH is 1. The summed E-state index contributed by atoms with van der Waals surface area (Å²) in [6, 6.07) is 0. The van der Waals surface area contributed by atoms with Gasteiger partial charge < -0.3 is 14.6 Å². The van der Waals surface area contributed by atoms with Gasteiger partial charge in [0.15, 0.2) is 6.10 Å². The van der Waals surface area contributed by atoms with E-state index in [1.165, 1.54) is 238 Å². The number of allylic oxidation sites excluding steroid dienone is 16. The van der Waals surface area contributed by atoms with E-state index in [0.717, 1.165) is 83.5 Å². The van der Waals surface area contributed by atoms with Crippen molar-refractivity contribution in [1.82, 2.24) is 0 Å². The summed E-state index contributed by atoms with van der Waals surface area (Å²) < 4.78 is 10.8. The van der Waals surface area contributed by atoms with E-state index in [-0.39, 0.29) is 25.2 Å². The van der Waals surface area contributed by atoms with Crippen LogP contribution < -0.4 is 0 Å². The summed E-state index contributed by atoms with van der Waals surface area (Å²) in [5.74, 6) is -0.577. The molecule has 1 atom stereocenters. The van der Waals surface area contributed by atoms with Crippen LogP contribution in [0.5, 0.6) is 0 Å². The van der Waals surface area contributed by atoms with Gasteiger partial charge >= 0.3 is 11.9 Å². The van der Waals surface area contributed by atoms with Crippen molar-refractivity contribution in [2.75, 3.05) is 13.2 Å². The van der Waals surface area contributed by atoms with Gasteiger partial charge in [0.1, 0.15) is 6.61 Å². The van der Waals surface area contributed by atoms with Crippen molar-refractivity contribution < 1.29 is 24.2 Å². The molecular formula is C75H132O5. The highest BCUT2D eigenvalue weighted by Crippen LogP contribution is 2.18. The van der Waals surface area contributed by atoms with Crippen molar-refractivity contribution in [3.63, 3.8) is 0 Å². The Bertz CT molecular complexity index is 1500. The van der Waals surface area contributed by atoms with Crippen molar-refractivity contribution in [3.05, 3.63) is 97.2 Å². The van der Waals surface area contributed by atoms with Gasteiger partial charge in [-0.2, -0.15) is 0 Å². The number of esters is 2. The lowest BCUT2D eigenvalue weighted by molar-refractivity contribution is -0.161. The Morgan fingerprint density at radius 1 is 0.300 bits per heavy atom. The van der Waals surface area contributed by atoms with Crippen LogP contribution in [0.1, 0.15) is 348 Å². The monoisotopic (exact) mass is 1110 g/mol. The fourth-order valence-corrected chi connectivity index (χ4v) is 10.2. The molecule has 462 valence electrons. The number of carbonyl (C=O) groups is 2. The summed E-state index contributed by atoms with van der Waals surface area (Å²) in [4.78, 5) is 24.7. The maximum atomic E-state index is 12.4. The molecule has 0 saturated carbocycles. The van der Waals surface area contributed by atoms with Crippen LogP contribution in [-0.4, -0.2) is 36.4 Å². The minimum Gasteiger partial charge on any atom is -0.462 e. The summed E-state index contributed by atoms with van der Waals surface area (Å²) >= 11 is 0. The topological polar surface area (TPSA) is 72.8 Å². The Morgan fingerprint density at radius 3 is 0.825 bits per heavy atom. The molecule has 0 bridgehead atoms. The quantitative estimate of drug-likeness (QED) is 0.0373. The van der Waals surface area contributed by atoms with Crippen LogP contribution >= 0.6 is 0 Å². The SMILES string of the molecule is CC/C=C\C/C=C\C/C=C\C/C=C\C/C=C\C/C=C\C/C=C\CCCCCCCCCCCCCCCCCC(=O)OC(CO)COC(=O)CCCCCCCCCCCCCCCCCCC/C=C\CCCCCCCCCC. The second kappa shape index (κ2) is 70.1. The molecule has 5 nitrogen and oxygen atoms in total. The number of unbranched alkanes of at least 4 members (excludes halogenated alkanes) is 40. The highest BCUT2D eigenvalue weighted by molar-refractivity contribution is 5.70. The molecule has 0 aromatic rings. The normalized spacial score (nSPS) is 12.8. The summed E-state index contributed by atoms with van der Waals surface area (Å²) in [5.41, 5.74) is 0. The summed E-state index contributed by atoms with van der Waals surface area (Å²) in [7, 11) is 0. The molecule has 0 radical (unpaired) electrons. The second-order valence-electron chi connectivity index (χ2n) is 23.2. The largest absolute Gasteiger partial charge is 0.462 e. The number of carbonyl (C=O) groups excluding carboxylic acids is 2. The van der Waals surface area contributed by atoms with Gasteiger partial charge in [-0.15, -0.1) is 0 Å². The number of ether oxygens (including phenoxy) is 2. The predicted octanol–water partition coefficient (Wildman–Crippen LogP) is 24.2. The Balaban J connectivity index is 3.46. The van der Waals surface area contributed by atoms with Crippen molar-refractivity contribution in [1.29, 1.82) is 0 Å². The van der Waals surface area contributed by atoms with E-state index in [9.17, 15) is 14.7 Å². The minimum atomic E-state index is -0.776. The lowest BCUT2D eigenvalue weighted by Gasteiger charge is -2.15. The number of hydrogen-bond donors (Lipinski definition) is 1. The van der Waals surface area contributed by atoms with Crippen LogP contribution in [0.25, 0.3) is 0 Å². The number of aliphatic hydroxyl groups is 1. The molecule has 0 aromatic heterocycles. The van der Waals surface area contributed by atoms with E-state index in [2.05, 4.69) is 111 Å². The first-order chi connectivity index (χ1) is 39.6. The molecule has 5 heteroatoms. The van der Waals surface area contributed by atoms with E-state index < -0.39 is 6.10 Å². The smallest absolute Gasteiger partial charge is 0.306 e. The van der Waals surface area contributed by atoms with Crippen molar-refractivity contribution in [3.8, 4) is 0 Å². The summed E-state index contributed by atoms with van der Waals surface area (Å²) in [6.45, 7) is 4.07. The molecule has 0 spiro atoms. The fraction of sp³-hybridized carbons (Fsp3) is 0.760. The number of rotatable bonds is 64. The molecule has 1 unspecified atom stereocenters. The zero-order chi connectivity index (χ0) is 57.6. The first kappa shape index (κ1) is 76.8. The Labute approximate surface area is 498 Å². The molecule has 0 rings (SSSR count). The Hall–Kier alpha value is -3.18. The van der Waals surface area contributed by atoms with Gasteiger partial charge in [0.05, 0.1) is 6.61 Å². The van der Waals surface area contributed by atoms with E-state index in [0.29, 0.717) is 12.8 Å². The van der Waals surface area contributed by atoms with Crippen LogP contribution in [0.4, 0.5) is 0 Å². The zero-order valence-corrected chi connectivity index (χ0v) is 53.1. The molecule has 0 saturated heterocycles. The molecule has 0 aliphatic carbocycles. The highest BCUT2D eigenvalue weighted by Gasteiger charge is 2.16. The molecular weight excluding hydrogens is 981 g/mol. The lowest BCUT2D eigenvalue weighted by atomic mass is 10.0. The number of hydrogen-bond acceptors (Lipinski definition) is 5. The first-order valence-electron chi connectivity index (χ1n) is 34.8. The van der Waals surface area contributed by atoms with Gasteiger partial charge in [-0.05, 0) is 96.3 Å². The molecule has 0 aliphatic rings. The molecule has 0 aliphatic heterocycles. The van der Waals surface area contributed by atoms with Crippen molar-refractivity contribution in [2.24, 2.45) is 0 Å². The fourth-order valence-electron chi connectivity index (χ4n) is 10.2. The third-order valence-electron chi connectivity index (χ3n) is 15.4. The first-order valence-corrected chi connectivity index (χ1v) is 34.8. The maximum absolute atomic E-state index is 12.4. The van der Waals surface area contributed by atoms with Crippen molar-refractivity contribution >= 4 is 11.9 Å². The van der Waals surface area contributed by atoms with Crippen LogP contribution in [0.3, 0.4) is 0 Å². The molecule has 0 fully saturated rings. The van der Waals surface area contributed by atoms with E-state index in [1.54, 1.807) is 0 Å². The van der Waals surface area contributed by atoms with Gasteiger partial charge in [-0.25, -0.2) is 0 Å². The minimum absolute atomic E-state index is 0.0649. The average Bonchev–Trinajstić information content (AvgIpc) is 3.46. The predicted molar refractivity (Wildman–Crippen MR) is 352 cm³/mol. The van der Waals surface area contributed by atoms with Crippen LogP contribution in [0.2, 0.25) is 0 Å². The standard InChI is InChI=1S/C75H132O5/c1-3-5-7-9-11-13-15-17-19-21-23-25-27-29-31-33-34-35-36-37-38-39-40-42-44-46-48-50-52-54-56-58-60-62-64-66-68-70-75(78)80-73(71-76)72-79-74(77)69-67-65-63-61-59-57-55-53-51-49-47-45-43-41-32-30-28-26-24-22-20-18-16-14-12-10-8-6-4-2/h5,7,11,13,17,19,22-25,29,31,34-35,37-38,73,76H,3-4,6,8-10,12,14-16,18,20-21,26-28,30,32-33,36,39-72H2,1-2H3/b7-5-,13-11-,19-17-,24-22-,25-23-,31-29-,35-34-,38-37-. The summed E-state index contributed by atoms with van der Waals surface area (Å²) in [6.07, 6.45) is 100. The van der Waals surface area contributed by atoms with E-state index in [4.69, 9.17) is 9.47 Å². The third kappa shape index (κ3) is 67.3. The van der Waals surface area contributed by atoms with Gasteiger partial charge in [-0.3, -0.25) is 9.59 Å². The molecule has 0 heterocycles. The van der Waals surface area contributed by atoms with E-state index >= 15 is 0 Å². The maximum Gasteiger partial charge on any atom is 0.306 e. The summed E-state index contributed by atoms with van der Waals surface area (Å²) in [5, 5.41) is 9.70. The average molecular weight is 1110 g/mol. The second-order valence-corrected chi connectivity index (χ2v) is 23.2. The molecule has 1 N–H and O–H groups in total. The zero-order valence-electron chi connectivity index (χ0n) is 53.1. The van der Waals surface area contributed by atoms with Crippen LogP contribution in [0, 0.1) is 0 Å². The van der Waals surface area contributed by atoms with Crippen LogP contribution in [0.15, 0.2) is 97.2 Å². The van der Waals surface area contributed by atoms with Crippen LogP contribution in [-0.2, 0) is 19.1 Å². The molecule has 0 aromatic carbocycles. The third-order valence-corrected chi connectivity index (χ3v) is 15.4.